The van der Waals surface area contributed by atoms with Gasteiger partial charge >= 0.3 is 0 Å². The van der Waals surface area contributed by atoms with Crippen molar-refractivity contribution in [3.8, 4) is 0 Å². The number of amides is 2. The van der Waals surface area contributed by atoms with Crippen LogP contribution in [0.2, 0.25) is 0 Å². The highest BCUT2D eigenvalue weighted by Gasteiger charge is 2.17. The molecule has 2 aromatic carbocycles. The van der Waals surface area contributed by atoms with E-state index in [2.05, 4.69) is 21.2 Å². The molecule has 2 aromatic rings. The fourth-order valence-electron chi connectivity index (χ4n) is 2.50. The first-order valence-corrected chi connectivity index (χ1v) is 8.46. The van der Waals surface area contributed by atoms with E-state index < -0.39 is 0 Å². The maximum absolute atomic E-state index is 12.5. The first kappa shape index (κ1) is 18.2. The fraction of sp³-hybridized carbons (Fsp3) is 0.263. The number of halogens is 1. The maximum atomic E-state index is 12.5. The number of aryl methyl sites for hydroxylation is 3. The molecule has 0 saturated carbocycles. The van der Waals surface area contributed by atoms with Crippen molar-refractivity contribution < 1.29 is 9.59 Å². The number of hydrogen-bond acceptors (Lipinski definition) is 2. The van der Waals surface area contributed by atoms with Gasteiger partial charge in [-0.2, -0.15) is 0 Å². The summed E-state index contributed by atoms with van der Waals surface area (Å²) in [7, 11) is 1.63. The lowest BCUT2D eigenvalue weighted by molar-refractivity contribution is -0.116. The minimum atomic E-state index is -0.221. The normalized spacial score (nSPS) is 10.4. The van der Waals surface area contributed by atoms with Crippen LogP contribution in [0.3, 0.4) is 0 Å². The molecule has 0 aromatic heterocycles. The van der Waals surface area contributed by atoms with E-state index in [-0.39, 0.29) is 18.4 Å². The number of carbonyl (C=O) groups excluding carboxylic acids is 2. The molecule has 0 atom stereocenters. The number of nitrogens with one attached hydrogen (secondary N) is 1. The van der Waals surface area contributed by atoms with Crippen molar-refractivity contribution in [2.24, 2.45) is 0 Å². The highest BCUT2D eigenvalue weighted by atomic mass is 79.9. The van der Waals surface area contributed by atoms with Gasteiger partial charge in [-0.1, -0.05) is 33.6 Å². The molecular formula is C19H21BrN2O2. The molecule has 1 N–H and O–H groups in total. The van der Waals surface area contributed by atoms with Gasteiger partial charge in [0.25, 0.3) is 5.91 Å². The number of likely N-dealkylation sites (N-methyl/N-ethyl adjacent to an activating group) is 1. The van der Waals surface area contributed by atoms with Crippen molar-refractivity contribution in [3.05, 3.63) is 63.1 Å². The van der Waals surface area contributed by atoms with Crippen LogP contribution in [0, 0.1) is 20.8 Å². The number of benzene rings is 2. The smallest absolute Gasteiger partial charge is 0.254 e. The summed E-state index contributed by atoms with van der Waals surface area (Å²) in [6.45, 7) is 5.81. The lowest BCUT2D eigenvalue weighted by Gasteiger charge is -2.18. The summed E-state index contributed by atoms with van der Waals surface area (Å²) >= 11 is 3.39. The Morgan fingerprint density at radius 3 is 2.38 bits per heavy atom. The van der Waals surface area contributed by atoms with Crippen molar-refractivity contribution in [1.82, 2.24) is 4.90 Å². The van der Waals surface area contributed by atoms with Crippen LogP contribution in [0.1, 0.15) is 27.0 Å². The summed E-state index contributed by atoms with van der Waals surface area (Å²) in [5, 5.41) is 2.84. The Morgan fingerprint density at radius 1 is 1.04 bits per heavy atom. The maximum Gasteiger partial charge on any atom is 0.254 e. The molecule has 0 radical (unpaired) electrons. The predicted octanol–water partition coefficient (Wildman–Crippen LogP) is 4.09. The molecule has 2 rings (SSSR count). The van der Waals surface area contributed by atoms with Crippen molar-refractivity contribution in [2.45, 2.75) is 20.8 Å². The van der Waals surface area contributed by atoms with Gasteiger partial charge < -0.3 is 10.2 Å². The second kappa shape index (κ2) is 7.62. The largest absolute Gasteiger partial charge is 0.332 e. The van der Waals surface area contributed by atoms with E-state index in [9.17, 15) is 9.59 Å². The molecule has 5 heteroatoms. The van der Waals surface area contributed by atoms with Crippen LogP contribution in [0.5, 0.6) is 0 Å². The van der Waals surface area contributed by atoms with Gasteiger partial charge in [-0.05, 0) is 56.2 Å². The van der Waals surface area contributed by atoms with E-state index in [1.165, 1.54) is 4.90 Å². The van der Waals surface area contributed by atoms with Crippen LogP contribution in [-0.4, -0.2) is 30.3 Å². The third kappa shape index (κ3) is 4.45. The third-order valence-corrected chi connectivity index (χ3v) is 4.30. The summed E-state index contributed by atoms with van der Waals surface area (Å²) in [6, 6.07) is 11.3. The molecule has 0 aliphatic rings. The van der Waals surface area contributed by atoms with Gasteiger partial charge in [-0.3, -0.25) is 9.59 Å². The number of carbonyl (C=O) groups is 2. The molecule has 0 fully saturated rings. The van der Waals surface area contributed by atoms with Crippen molar-refractivity contribution >= 4 is 33.4 Å². The zero-order chi connectivity index (χ0) is 17.9. The Balaban J connectivity index is 2.04. The van der Waals surface area contributed by atoms with Gasteiger partial charge in [-0.25, -0.2) is 0 Å². The van der Waals surface area contributed by atoms with E-state index in [1.54, 1.807) is 13.1 Å². The summed E-state index contributed by atoms with van der Waals surface area (Å²) in [5.74, 6) is -0.379. The lowest BCUT2D eigenvalue weighted by atomic mass is 10.0. The van der Waals surface area contributed by atoms with E-state index in [0.29, 0.717) is 5.56 Å². The van der Waals surface area contributed by atoms with Crippen LogP contribution in [0.15, 0.2) is 40.9 Å². The Labute approximate surface area is 151 Å². The Hall–Kier alpha value is -2.14. The van der Waals surface area contributed by atoms with Gasteiger partial charge in [0.15, 0.2) is 0 Å². The van der Waals surface area contributed by atoms with Gasteiger partial charge in [-0.15, -0.1) is 0 Å². The highest BCUT2D eigenvalue weighted by molar-refractivity contribution is 9.10. The van der Waals surface area contributed by atoms with Gasteiger partial charge in [0.1, 0.15) is 0 Å². The molecule has 4 nitrogen and oxygen atoms in total. The molecule has 24 heavy (non-hydrogen) atoms. The molecule has 0 unspecified atom stereocenters. The van der Waals surface area contributed by atoms with E-state index in [0.717, 1.165) is 26.9 Å². The topological polar surface area (TPSA) is 49.4 Å². The zero-order valence-corrected chi connectivity index (χ0v) is 15.9. The highest BCUT2D eigenvalue weighted by Crippen LogP contribution is 2.20. The summed E-state index contributed by atoms with van der Waals surface area (Å²) in [5.41, 5.74) is 4.35. The Morgan fingerprint density at radius 2 is 1.75 bits per heavy atom. The van der Waals surface area contributed by atoms with E-state index in [1.807, 2.05) is 51.1 Å². The van der Waals surface area contributed by atoms with Crippen LogP contribution in [0.4, 0.5) is 5.69 Å². The van der Waals surface area contributed by atoms with Gasteiger partial charge in [0.05, 0.1) is 6.54 Å². The minimum Gasteiger partial charge on any atom is -0.332 e. The molecule has 0 bridgehead atoms. The molecule has 0 saturated heterocycles. The first-order valence-electron chi connectivity index (χ1n) is 7.66. The SMILES string of the molecule is Cc1ccc(C(=O)N(C)CC(=O)Nc2ccc(Br)cc2C)c(C)c1. The second-order valence-corrected chi connectivity index (χ2v) is 6.90. The zero-order valence-electron chi connectivity index (χ0n) is 14.3. The average molecular weight is 389 g/mol. The first-order chi connectivity index (χ1) is 11.3. The number of hydrogen-bond donors (Lipinski definition) is 1. The molecule has 0 aliphatic carbocycles. The van der Waals surface area contributed by atoms with Crippen molar-refractivity contribution in [1.29, 1.82) is 0 Å². The van der Waals surface area contributed by atoms with E-state index >= 15 is 0 Å². The Bertz CT molecular complexity index is 787. The third-order valence-electron chi connectivity index (χ3n) is 3.80. The molecule has 0 spiro atoms. The number of rotatable bonds is 4. The quantitative estimate of drug-likeness (QED) is 0.857. The van der Waals surface area contributed by atoms with Crippen molar-refractivity contribution in [3.63, 3.8) is 0 Å². The number of anilines is 1. The average Bonchev–Trinajstić information content (AvgIpc) is 2.49. The van der Waals surface area contributed by atoms with Crippen LogP contribution in [0.25, 0.3) is 0 Å². The minimum absolute atomic E-state index is 0.00164. The molecule has 2 amide bonds. The fourth-order valence-corrected chi connectivity index (χ4v) is 2.98. The summed E-state index contributed by atoms with van der Waals surface area (Å²) in [4.78, 5) is 26.2. The summed E-state index contributed by atoms with van der Waals surface area (Å²) in [6.07, 6.45) is 0. The van der Waals surface area contributed by atoms with Crippen LogP contribution in [-0.2, 0) is 4.79 Å². The molecular weight excluding hydrogens is 368 g/mol. The summed E-state index contributed by atoms with van der Waals surface area (Å²) < 4.78 is 0.958. The Kier molecular flexibility index (Phi) is 5.78. The van der Waals surface area contributed by atoms with Gasteiger partial charge in [0.2, 0.25) is 5.91 Å². The predicted molar refractivity (Wildman–Crippen MR) is 100 cm³/mol. The van der Waals surface area contributed by atoms with E-state index in [4.69, 9.17) is 0 Å². The standard InChI is InChI=1S/C19H21BrN2O2/c1-12-5-7-16(13(2)9-12)19(24)22(4)11-18(23)21-17-8-6-15(20)10-14(17)3/h5-10H,11H2,1-4H3,(H,21,23). The van der Waals surface area contributed by atoms with Crippen molar-refractivity contribution in [2.75, 3.05) is 18.9 Å². The molecule has 0 heterocycles. The van der Waals surface area contributed by atoms with Crippen LogP contribution < -0.4 is 5.32 Å². The van der Waals surface area contributed by atoms with Gasteiger partial charge in [0, 0.05) is 22.8 Å². The number of nitrogens with zero attached hydrogens (tertiary/aromatic N) is 1. The molecule has 0 aliphatic heterocycles. The second-order valence-electron chi connectivity index (χ2n) is 5.99. The lowest BCUT2D eigenvalue weighted by Crippen LogP contribution is -2.35. The molecule has 126 valence electrons. The van der Waals surface area contributed by atoms with Crippen LogP contribution >= 0.6 is 15.9 Å². The monoisotopic (exact) mass is 388 g/mol.